The van der Waals surface area contributed by atoms with Gasteiger partial charge >= 0.3 is 0 Å². The Morgan fingerprint density at radius 1 is 1.33 bits per heavy atom. The molecule has 0 bridgehead atoms. The van der Waals surface area contributed by atoms with Gasteiger partial charge in [-0.15, -0.1) is 0 Å². The highest BCUT2D eigenvalue weighted by molar-refractivity contribution is 6.30. The lowest BCUT2D eigenvalue weighted by molar-refractivity contribution is 0.402. The molecule has 1 N–H and O–H groups in total. The molecule has 1 aromatic carbocycles. The molecule has 0 aliphatic carbocycles. The lowest BCUT2D eigenvalue weighted by Crippen LogP contribution is -2.25. The van der Waals surface area contributed by atoms with Gasteiger partial charge in [-0.2, -0.15) is 5.10 Å². The Morgan fingerprint density at radius 3 is 2.71 bits per heavy atom. The van der Waals surface area contributed by atoms with Crippen molar-refractivity contribution in [3.05, 3.63) is 46.2 Å². The Balaban J connectivity index is 2.55. The van der Waals surface area contributed by atoms with E-state index in [0.717, 1.165) is 35.8 Å². The van der Waals surface area contributed by atoms with E-state index in [2.05, 4.69) is 30.3 Å². The number of nitrogens with zero attached hydrogens (tertiary/aromatic N) is 2. The summed E-state index contributed by atoms with van der Waals surface area (Å²) < 4.78 is 7.52. The molecule has 1 heterocycles. The fourth-order valence-corrected chi connectivity index (χ4v) is 2.74. The molecule has 1 aromatic heterocycles. The maximum atomic E-state index is 6.18. The number of nitrogens with one attached hydrogen (secondary N) is 1. The average Bonchev–Trinajstić information content (AvgIpc) is 2.85. The summed E-state index contributed by atoms with van der Waals surface area (Å²) in [5.74, 6) is 0.826. The van der Waals surface area contributed by atoms with Crippen LogP contribution < -0.4 is 10.1 Å². The van der Waals surface area contributed by atoms with Gasteiger partial charge in [0, 0.05) is 17.1 Å². The third-order valence-electron chi connectivity index (χ3n) is 3.44. The van der Waals surface area contributed by atoms with Gasteiger partial charge < -0.3 is 10.1 Å². The van der Waals surface area contributed by atoms with Crippen LogP contribution in [0.15, 0.2) is 24.3 Å². The molecule has 0 fully saturated rings. The summed E-state index contributed by atoms with van der Waals surface area (Å²) in [4.78, 5) is 0. The molecule has 2 rings (SSSR count). The number of aryl methyl sites for hydroxylation is 2. The Morgan fingerprint density at radius 2 is 2.10 bits per heavy atom. The molecule has 1 atom stereocenters. The van der Waals surface area contributed by atoms with Crippen LogP contribution in [0.4, 0.5) is 0 Å². The van der Waals surface area contributed by atoms with E-state index in [0.29, 0.717) is 5.02 Å². The van der Waals surface area contributed by atoms with Crippen molar-refractivity contribution >= 4 is 11.6 Å². The monoisotopic (exact) mass is 307 g/mol. The molecule has 0 radical (unpaired) electrons. The van der Waals surface area contributed by atoms with Gasteiger partial charge in [0.15, 0.2) is 0 Å². The van der Waals surface area contributed by atoms with Crippen LogP contribution in [-0.2, 0) is 6.54 Å². The third kappa shape index (κ3) is 3.39. The molecule has 0 amide bonds. The van der Waals surface area contributed by atoms with Crippen molar-refractivity contribution in [2.24, 2.45) is 0 Å². The fourth-order valence-electron chi connectivity index (χ4n) is 2.56. The molecular formula is C16H22ClN3O. The number of ether oxygens (including phenoxy) is 1. The first kappa shape index (κ1) is 15.9. The second kappa shape index (κ2) is 6.96. The molecule has 0 saturated carbocycles. The molecular weight excluding hydrogens is 286 g/mol. The van der Waals surface area contributed by atoms with Gasteiger partial charge in [0.25, 0.3) is 0 Å². The zero-order valence-electron chi connectivity index (χ0n) is 13.0. The summed E-state index contributed by atoms with van der Waals surface area (Å²) in [6, 6.07) is 7.81. The zero-order chi connectivity index (χ0) is 15.4. The van der Waals surface area contributed by atoms with Crippen molar-refractivity contribution in [3.63, 3.8) is 0 Å². The standard InChI is InChI=1S/C16H22ClN3O/c1-5-18-16(14-9-11(3)19-20(14)6-2)13-10-12(17)7-8-15(13)21-4/h7-10,16,18H,5-6H2,1-4H3. The van der Waals surface area contributed by atoms with Crippen LogP contribution in [-0.4, -0.2) is 23.4 Å². The van der Waals surface area contributed by atoms with Gasteiger partial charge in [-0.05, 0) is 44.7 Å². The van der Waals surface area contributed by atoms with Crippen molar-refractivity contribution in [2.45, 2.75) is 33.4 Å². The first-order valence-corrected chi connectivity index (χ1v) is 7.59. The van der Waals surface area contributed by atoms with Gasteiger partial charge in [0.05, 0.1) is 24.5 Å². The minimum Gasteiger partial charge on any atom is -0.496 e. The molecule has 0 saturated heterocycles. The summed E-state index contributed by atoms with van der Waals surface area (Å²) in [6.07, 6.45) is 0. The zero-order valence-corrected chi connectivity index (χ0v) is 13.7. The van der Waals surface area contributed by atoms with Crippen LogP contribution in [0.25, 0.3) is 0 Å². The predicted octanol–water partition coefficient (Wildman–Crippen LogP) is 3.57. The molecule has 0 aliphatic heterocycles. The maximum Gasteiger partial charge on any atom is 0.124 e. The molecule has 4 nitrogen and oxygen atoms in total. The molecule has 114 valence electrons. The summed E-state index contributed by atoms with van der Waals surface area (Å²) in [6.45, 7) is 7.85. The van der Waals surface area contributed by atoms with Crippen molar-refractivity contribution in [2.75, 3.05) is 13.7 Å². The smallest absolute Gasteiger partial charge is 0.124 e. The molecule has 2 aromatic rings. The first-order chi connectivity index (χ1) is 10.1. The minimum absolute atomic E-state index is 0.00444. The van der Waals surface area contributed by atoms with E-state index in [1.807, 2.05) is 29.8 Å². The van der Waals surface area contributed by atoms with E-state index in [9.17, 15) is 0 Å². The fraction of sp³-hybridized carbons (Fsp3) is 0.438. The Labute approximate surface area is 131 Å². The number of hydrogen-bond acceptors (Lipinski definition) is 3. The van der Waals surface area contributed by atoms with E-state index < -0.39 is 0 Å². The lowest BCUT2D eigenvalue weighted by atomic mass is 10.0. The largest absolute Gasteiger partial charge is 0.496 e. The Hall–Kier alpha value is -1.52. The Kier molecular flexibility index (Phi) is 5.26. The Bertz CT molecular complexity index is 610. The van der Waals surface area contributed by atoms with E-state index in [4.69, 9.17) is 16.3 Å². The molecule has 0 spiro atoms. The summed E-state index contributed by atoms with van der Waals surface area (Å²) in [5, 5.41) is 8.75. The SMILES string of the molecule is CCNC(c1cc(Cl)ccc1OC)c1cc(C)nn1CC. The predicted molar refractivity (Wildman–Crippen MR) is 86.2 cm³/mol. The van der Waals surface area contributed by atoms with Crippen LogP contribution in [0.2, 0.25) is 5.02 Å². The average molecular weight is 308 g/mol. The van der Waals surface area contributed by atoms with Crippen LogP contribution in [0.1, 0.15) is 36.8 Å². The summed E-state index contributed by atoms with van der Waals surface area (Å²) in [5.41, 5.74) is 3.16. The highest BCUT2D eigenvalue weighted by atomic mass is 35.5. The van der Waals surface area contributed by atoms with Crippen molar-refractivity contribution < 1.29 is 4.74 Å². The van der Waals surface area contributed by atoms with Gasteiger partial charge in [-0.3, -0.25) is 4.68 Å². The lowest BCUT2D eigenvalue weighted by Gasteiger charge is -2.22. The topological polar surface area (TPSA) is 39.1 Å². The molecule has 0 aliphatic rings. The van der Waals surface area contributed by atoms with Crippen LogP contribution >= 0.6 is 11.6 Å². The summed E-state index contributed by atoms with van der Waals surface area (Å²) in [7, 11) is 1.68. The van der Waals surface area contributed by atoms with Crippen LogP contribution in [0.5, 0.6) is 5.75 Å². The van der Waals surface area contributed by atoms with Gasteiger partial charge in [0.1, 0.15) is 5.75 Å². The van der Waals surface area contributed by atoms with E-state index in [1.165, 1.54) is 0 Å². The minimum atomic E-state index is 0.00444. The maximum absolute atomic E-state index is 6.18. The van der Waals surface area contributed by atoms with Gasteiger partial charge in [-0.25, -0.2) is 0 Å². The van der Waals surface area contributed by atoms with E-state index in [-0.39, 0.29) is 6.04 Å². The van der Waals surface area contributed by atoms with Gasteiger partial charge in [0.2, 0.25) is 0 Å². The normalized spacial score (nSPS) is 12.4. The first-order valence-electron chi connectivity index (χ1n) is 7.21. The van der Waals surface area contributed by atoms with E-state index in [1.54, 1.807) is 7.11 Å². The van der Waals surface area contributed by atoms with Crippen molar-refractivity contribution in [1.29, 1.82) is 0 Å². The quantitative estimate of drug-likeness (QED) is 0.886. The molecule has 1 unspecified atom stereocenters. The number of benzene rings is 1. The van der Waals surface area contributed by atoms with Crippen LogP contribution in [0, 0.1) is 6.92 Å². The van der Waals surface area contributed by atoms with Crippen molar-refractivity contribution in [1.82, 2.24) is 15.1 Å². The third-order valence-corrected chi connectivity index (χ3v) is 3.67. The molecule has 5 heteroatoms. The number of halogens is 1. The van der Waals surface area contributed by atoms with Crippen molar-refractivity contribution in [3.8, 4) is 5.75 Å². The number of methoxy groups -OCH3 is 1. The van der Waals surface area contributed by atoms with E-state index >= 15 is 0 Å². The highest BCUT2D eigenvalue weighted by Crippen LogP contribution is 2.32. The number of aromatic nitrogens is 2. The van der Waals surface area contributed by atoms with Crippen LogP contribution in [0.3, 0.4) is 0 Å². The molecule has 21 heavy (non-hydrogen) atoms. The van der Waals surface area contributed by atoms with Gasteiger partial charge in [-0.1, -0.05) is 18.5 Å². The second-order valence-electron chi connectivity index (χ2n) is 4.90. The number of rotatable bonds is 6. The second-order valence-corrected chi connectivity index (χ2v) is 5.34. The highest BCUT2D eigenvalue weighted by Gasteiger charge is 2.22. The summed E-state index contributed by atoms with van der Waals surface area (Å²) >= 11 is 6.18. The number of hydrogen-bond donors (Lipinski definition) is 1.